The van der Waals surface area contributed by atoms with Crippen LogP contribution in [-0.4, -0.2) is 19.0 Å². The summed E-state index contributed by atoms with van der Waals surface area (Å²) in [6.45, 7) is 16.3. The van der Waals surface area contributed by atoms with Gasteiger partial charge in [0, 0.05) is 11.8 Å². The molecule has 26 heavy (non-hydrogen) atoms. The van der Waals surface area contributed by atoms with Crippen LogP contribution in [0.3, 0.4) is 0 Å². The lowest BCUT2D eigenvalue weighted by Gasteiger charge is -2.42. The number of rotatable bonds is 18. The van der Waals surface area contributed by atoms with Crippen LogP contribution in [0.1, 0.15) is 106 Å². The Hall–Kier alpha value is -0.160. The summed E-state index contributed by atoms with van der Waals surface area (Å²) in [6, 6.07) is 0. The predicted octanol–water partition coefficient (Wildman–Crippen LogP) is 7.08. The van der Waals surface area contributed by atoms with Gasteiger partial charge in [-0.2, -0.15) is 9.78 Å². The van der Waals surface area contributed by atoms with E-state index in [0.29, 0.717) is 19.1 Å². The van der Waals surface area contributed by atoms with E-state index in [2.05, 4.69) is 48.5 Å². The molecule has 0 radical (unpaired) electrons. The Morgan fingerprint density at radius 3 is 1.58 bits per heavy atom. The van der Waals surface area contributed by atoms with Crippen LogP contribution in [0.4, 0.5) is 0 Å². The quantitative estimate of drug-likeness (QED) is 0.111. The third-order valence-electron chi connectivity index (χ3n) is 4.95. The summed E-state index contributed by atoms with van der Waals surface area (Å²) in [5.74, 6) is -0.0864. The monoisotopic (exact) mass is 374 g/mol. The zero-order chi connectivity index (χ0) is 19.8. The second kappa shape index (κ2) is 15.9. The lowest BCUT2D eigenvalue weighted by Crippen LogP contribution is -2.50. The van der Waals surface area contributed by atoms with E-state index >= 15 is 0 Å². The second-order valence-corrected chi connectivity index (χ2v) is 8.09. The van der Waals surface area contributed by atoms with Crippen molar-refractivity contribution in [3.63, 3.8) is 0 Å². The Balaban J connectivity index is 5.04. The summed E-state index contributed by atoms with van der Waals surface area (Å²) >= 11 is 0. The molecule has 0 fully saturated rings. The van der Waals surface area contributed by atoms with Crippen molar-refractivity contribution in [3.05, 3.63) is 0 Å². The Morgan fingerprint density at radius 2 is 1.15 bits per heavy atom. The molecule has 0 aliphatic heterocycles. The lowest BCUT2D eigenvalue weighted by molar-refractivity contribution is -0.537. The first kappa shape index (κ1) is 25.8. The van der Waals surface area contributed by atoms with Crippen LogP contribution in [0.15, 0.2) is 0 Å². The molecule has 0 heterocycles. The second-order valence-electron chi connectivity index (χ2n) is 8.09. The summed E-state index contributed by atoms with van der Waals surface area (Å²) < 4.78 is 0. The van der Waals surface area contributed by atoms with Crippen LogP contribution >= 0.6 is 0 Å². The molecule has 1 atom stereocenters. The van der Waals surface area contributed by atoms with Crippen molar-refractivity contribution in [1.29, 1.82) is 0 Å². The molecular weight excluding hydrogens is 328 g/mol. The molecule has 0 saturated carbocycles. The van der Waals surface area contributed by atoms with E-state index in [0.717, 1.165) is 19.3 Å². The van der Waals surface area contributed by atoms with Gasteiger partial charge in [0.15, 0.2) is 0 Å². The number of hydrogen-bond acceptors (Lipinski definition) is 4. The van der Waals surface area contributed by atoms with Gasteiger partial charge in [-0.25, -0.2) is 9.78 Å². The lowest BCUT2D eigenvalue weighted by atomic mass is 9.78. The Kier molecular flexibility index (Phi) is 15.8. The topological polar surface area (TPSA) is 36.9 Å². The molecule has 0 N–H and O–H groups in total. The first-order chi connectivity index (χ1) is 12.5. The van der Waals surface area contributed by atoms with Gasteiger partial charge in [0.05, 0.1) is 13.2 Å². The van der Waals surface area contributed by atoms with Crippen molar-refractivity contribution in [2.75, 3.05) is 13.2 Å². The van der Waals surface area contributed by atoms with Gasteiger partial charge < -0.3 is 0 Å². The van der Waals surface area contributed by atoms with Gasteiger partial charge in [0.2, 0.25) is 5.79 Å². The van der Waals surface area contributed by atoms with E-state index in [1.54, 1.807) is 0 Å². The maximum absolute atomic E-state index is 5.95. The fourth-order valence-electron chi connectivity index (χ4n) is 3.34. The Bertz CT molecular complexity index is 295. The van der Waals surface area contributed by atoms with Crippen LogP contribution in [-0.2, 0) is 19.6 Å². The molecule has 0 bridgehead atoms. The van der Waals surface area contributed by atoms with Crippen LogP contribution in [0.25, 0.3) is 0 Å². The third kappa shape index (κ3) is 9.68. The molecule has 0 amide bonds. The van der Waals surface area contributed by atoms with Crippen LogP contribution < -0.4 is 0 Å². The molecule has 0 aliphatic carbocycles. The fraction of sp³-hybridized carbons (Fsp3) is 1.00. The zero-order valence-corrected chi connectivity index (χ0v) is 18.6. The van der Waals surface area contributed by atoms with Gasteiger partial charge in [0.25, 0.3) is 0 Å². The van der Waals surface area contributed by atoms with E-state index in [4.69, 9.17) is 19.6 Å². The van der Waals surface area contributed by atoms with Gasteiger partial charge in [-0.3, -0.25) is 0 Å². The highest BCUT2D eigenvalue weighted by atomic mass is 17.3. The maximum atomic E-state index is 5.95. The van der Waals surface area contributed by atoms with Crippen LogP contribution in [0, 0.1) is 17.8 Å². The van der Waals surface area contributed by atoms with Gasteiger partial charge in [-0.15, -0.1) is 0 Å². The minimum atomic E-state index is -0.859. The SMILES string of the molecule is CCCCCCCCC(C(C)C)C(OOCCC)(OOCCC)C(C)C. The smallest absolute Gasteiger partial charge is 0.234 e. The van der Waals surface area contributed by atoms with Gasteiger partial charge in [-0.05, 0) is 25.2 Å². The molecule has 0 aliphatic rings. The Morgan fingerprint density at radius 1 is 0.654 bits per heavy atom. The van der Waals surface area contributed by atoms with Crippen LogP contribution in [0.5, 0.6) is 0 Å². The highest BCUT2D eigenvalue weighted by molar-refractivity contribution is 4.83. The van der Waals surface area contributed by atoms with E-state index in [1.807, 2.05) is 0 Å². The summed E-state index contributed by atoms with van der Waals surface area (Å²) in [5, 5.41) is 0. The Labute approximate surface area is 163 Å². The zero-order valence-electron chi connectivity index (χ0n) is 18.6. The predicted molar refractivity (Wildman–Crippen MR) is 109 cm³/mol. The molecule has 4 nitrogen and oxygen atoms in total. The molecule has 0 spiro atoms. The van der Waals surface area contributed by atoms with Crippen LogP contribution in [0.2, 0.25) is 0 Å². The standard InChI is InChI=1S/C22H46O4/c1-8-11-12-13-14-15-16-21(19(4)5)22(20(6)7,25-23-17-9-2)26-24-18-10-3/h19-21H,8-18H2,1-7H3. The molecule has 0 aromatic heterocycles. The molecule has 0 saturated heterocycles. The molecule has 158 valence electrons. The highest BCUT2D eigenvalue weighted by Crippen LogP contribution is 2.40. The van der Waals surface area contributed by atoms with E-state index in [1.165, 1.54) is 38.5 Å². The number of unbranched alkanes of at least 4 members (excludes halogenated alkanes) is 5. The largest absolute Gasteiger partial charge is 0.239 e. The summed E-state index contributed by atoms with van der Waals surface area (Å²) in [5.41, 5.74) is 0. The van der Waals surface area contributed by atoms with E-state index in [9.17, 15) is 0 Å². The molecule has 0 aromatic rings. The maximum Gasteiger partial charge on any atom is 0.239 e. The number of hydrogen-bond donors (Lipinski definition) is 0. The van der Waals surface area contributed by atoms with Crippen molar-refractivity contribution >= 4 is 0 Å². The third-order valence-corrected chi connectivity index (χ3v) is 4.95. The van der Waals surface area contributed by atoms with Gasteiger partial charge in [-0.1, -0.05) is 87.0 Å². The summed E-state index contributed by atoms with van der Waals surface area (Å²) in [6.07, 6.45) is 10.6. The molecular formula is C22H46O4. The summed E-state index contributed by atoms with van der Waals surface area (Å²) in [7, 11) is 0. The average molecular weight is 375 g/mol. The normalized spacial score (nSPS) is 13.7. The van der Waals surface area contributed by atoms with Crippen molar-refractivity contribution in [1.82, 2.24) is 0 Å². The first-order valence-corrected chi connectivity index (χ1v) is 11.1. The minimum Gasteiger partial charge on any atom is -0.234 e. The summed E-state index contributed by atoms with van der Waals surface area (Å²) in [4.78, 5) is 23.0. The first-order valence-electron chi connectivity index (χ1n) is 11.1. The van der Waals surface area contributed by atoms with Crippen molar-refractivity contribution in [3.8, 4) is 0 Å². The molecule has 1 unspecified atom stereocenters. The van der Waals surface area contributed by atoms with E-state index < -0.39 is 5.79 Å². The fourth-order valence-corrected chi connectivity index (χ4v) is 3.34. The van der Waals surface area contributed by atoms with Crippen molar-refractivity contribution in [2.24, 2.45) is 17.8 Å². The van der Waals surface area contributed by atoms with Gasteiger partial charge >= 0.3 is 0 Å². The molecule has 0 rings (SSSR count). The van der Waals surface area contributed by atoms with Crippen molar-refractivity contribution in [2.45, 2.75) is 112 Å². The highest BCUT2D eigenvalue weighted by Gasteiger charge is 2.48. The molecule has 0 aromatic carbocycles. The minimum absolute atomic E-state index is 0.128. The molecule has 4 heteroatoms. The van der Waals surface area contributed by atoms with Crippen molar-refractivity contribution < 1.29 is 19.6 Å². The average Bonchev–Trinajstić information content (AvgIpc) is 2.60. The van der Waals surface area contributed by atoms with E-state index in [-0.39, 0.29) is 11.8 Å². The van der Waals surface area contributed by atoms with Gasteiger partial charge in [0.1, 0.15) is 0 Å².